The second kappa shape index (κ2) is 5.66. The van der Waals surface area contributed by atoms with Gasteiger partial charge in [0.2, 0.25) is 0 Å². The van der Waals surface area contributed by atoms with Crippen LogP contribution in [0.1, 0.15) is 11.1 Å². The molecule has 2 heterocycles. The van der Waals surface area contributed by atoms with Gasteiger partial charge < -0.3 is 10.4 Å². The van der Waals surface area contributed by atoms with Crippen molar-refractivity contribution < 1.29 is 5.11 Å². The fourth-order valence-corrected chi connectivity index (χ4v) is 2.16. The van der Waals surface area contributed by atoms with Gasteiger partial charge in [-0.2, -0.15) is 5.10 Å². The van der Waals surface area contributed by atoms with Crippen LogP contribution in [-0.2, 0) is 6.54 Å². The number of aryl methyl sites for hydroxylation is 1. The van der Waals surface area contributed by atoms with Crippen molar-refractivity contribution in [1.82, 2.24) is 14.8 Å². The summed E-state index contributed by atoms with van der Waals surface area (Å²) in [6.07, 6.45) is 5.29. The third kappa shape index (κ3) is 2.86. The molecular weight excluding hydrogens is 264 g/mol. The molecule has 0 amide bonds. The van der Waals surface area contributed by atoms with Gasteiger partial charge in [0.1, 0.15) is 5.75 Å². The third-order valence-electron chi connectivity index (χ3n) is 3.21. The number of nitrogens with one attached hydrogen (secondary N) is 1. The Bertz CT molecular complexity index is 738. The summed E-state index contributed by atoms with van der Waals surface area (Å²) in [5, 5.41) is 17.4. The molecule has 0 radical (unpaired) electrons. The summed E-state index contributed by atoms with van der Waals surface area (Å²) in [5.74, 6) is 1.02. The van der Waals surface area contributed by atoms with Crippen LogP contribution in [0, 0.1) is 6.92 Å². The van der Waals surface area contributed by atoms with E-state index >= 15 is 0 Å². The predicted molar refractivity (Wildman–Crippen MR) is 81.5 cm³/mol. The van der Waals surface area contributed by atoms with E-state index in [1.807, 2.05) is 43.5 Å². The van der Waals surface area contributed by atoms with Crippen molar-refractivity contribution in [3.8, 4) is 11.6 Å². The Balaban J connectivity index is 1.84. The van der Waals surface area contributed by atoms with Gasteiger partial charge in [-0.25, -0.2) is 9.67 Å². The molecule has 0 saturated carbocycles. The van der Waals surface area contributed by atoms with Gasteiger partial charge in [-0.05, 0) is 31.2 Å². The van der Waals surface area contributed by atoms with Crippen LogP contribution in [0.15, 0.2) is 55.0 Å². The zero-order valence-electron chi connectivity index (χ0n) is 11.7. The maximum absolute atomic E-state index is 9.89. The van der Waals surface area contributed by atoms with Gasteiger partial charge in [-0.1, -0.05) is 17.7 Å². The Hall–Kier alpha value is -2.82. The van der Waals surface area contributed by atoms with Gasteiger partial charge in [0.15, 0.2) is 5.82 Å². The third-order valence-corrected chi connectivity index (χ3v) is 3.21. The lowest BCUT2D eigenvalue weighted by Crippen LogP contribution is -2.06. The summed E-state index contributed by atoms with van der Waals surface area (Å²) in [6.45, 7) is 2.52. The van der Waals surface area contributed by atoms with Crippen molar-refractivity contribution in [2.75, 3.05) is 5.32 Å². The van der Waals surface area contributed by atoms with Crippen LogP contribution in [0.4, 0.5) is 5.69 Å². The number of phenols is 1. The van der Waals surface area contributed by atoms with Crippen LogP contribution in [-0.4, -0.2) is 19.9 Å². The first-order valence-electron chi connectivity index (χ1n) is 6.71. The first-order valence-corrected chi connectivity index (χ1v) is 6.71. The second-order valence-electron chi connectivity index (χ2n) is 4.81. The standard InChI is InChI=1S/C16H16N4O/c1-12-5-6-15(21)13(10-12)11-18-14-4-2-7-17-16(14)20-9-3-8-19-20/h2-10,18,21H,11H2,1H3. The molecule has 106 valence electrons. The SMILES string of the molecule is Cc1ccc(O)c(CNc2cccnc2-n2cccn2)c1. The van der Waals surface area contributed by atoms with Crippen LogP contribution in [0.2, 0.25) is 0 Å². The number of phenolic OH excluding ortho intramolecular Hbond substituents is 1. The Morgan fingerprint density at radius 1 is 1.19 bits per heavy atom. The highest BCUT2D eigenvalue weighted by molar-refractivity contribution is 5.56. The zero-order valence-corrected chi connectivity index (χ0v) is 11.7. The number of benzene rings is 1. The Morgan fingerprint density at radius 2 is 2.10 bits per heavy atom. The Morgan fingerprint density at radius 3 is 2.90 bits per heavy atom. The van der Waals surface area contributed by atoms with E-state index in [0.717, 1.165) is 22.6 Å². The lowest BCUT2D eigenvalue weighted by atomic mass is 10.1. The van der Waals surface area contributed by atoms with E-state index in [0.29, 0.717) is 6.54 Å². The van der Waals surface area contributed by atoms with Crippen LogP contribution in [0.3, 0.4) is 0 Å². The zero-order chi connectivity index (χ0) is 14.7. The number of hydrogen-bond acceptors (Lipinski definition) is 4. The largest absolute Gasteiger partial charge is 0.508 e. The average Bonchev–Trinajstić information content (AvgIpc) is 3.03. The number of hydrogen-bond donors (Lipinski definition) is 2. The summed E-state index contributed by atoms with van der Waals surface area (Å²) in [6, 6.07) is 11.2. The molecule has 5 nitrogen and oxygen atoms in total. The summed E-state index contributed by atoms with van der Waals surface area (Å²) in [7, 11) is 0. The van der Waals surface area contributed by atoms with Crippen molar-refractivity contribution in [2.45, 2.75) is 13.5 Å². The first kappa shape index (κ1) is 13.2. The number of aromatic hydroxyl groups is 1. The average molecular weight is 280 g/mol. The van der Waals surface area contributed by atoms with Crippen LogP contribution < -0.4 is 5.32 Å². The minimum absolute atomic E-state index is 0.289. The van der Waals surface area contributed by atoms with Gasteiger partial charge in [-0.15, -0.1) is 0 Å². The highest BCUT2D eigenvalue weighted by Crippen LogP contribution is 2.21. The molecule has 0 saturated heterocycles. The van der Waals surface area contributed by atoms with Crippen molar-refractivity contribution in [3.05, 3.63) is 66.1 Å². The fourth-order valence-electron chi connectivity index (χ4n) is 2.16. The van der Waals surface area contributed by atoms with E-state index in [-0.39, 0.29) is 5.75 Å². The smallest absolute Gasteiger partial charge is 0.176 e. The Labute approximate surface area is 122 Å². The van der Waals surface area contributed by atoms with Crippen molar-refractivity contribution >= 4 is 5.69 Å². The highest BCUT2D eigenvalue weighted by Gasteiger charge is 2.07. The maximum Gasteiger partial charge on any atom is 0.176 e. The minimum Gasteiger partial charge on any atom is -0.508 e. The molecule has 0 unspecified atom stereocenters. The molecule has 2 N–H and O–H groups in total. The molecule has 0 aliphatic rings. The summed E-state index contributed by atoms with van der Waals surface area (Å²) >= 11 is 0. The van der Waals surface area contributed by atoms with Crippen molar-refractivity contribution in [3.63, 3.8) is 0 Å². The van der Waals surface area contributed by atoms with E-state index in [1.165, 1.54) is 0 Å². The molecule has 0 spiro atoms. The van der Waals surface area contributed by atoms with Gasteiger partial charge in [-0.3, -0.25) is 0 Å². The van der Waals surface area contributed by atoms with Gasteiger partial charge in [0.25, 0.3) is 0 Å². The van der Waals surface area contributed by atoms with Crippen molar-refractivity contribution in [1.29, 1.82) is 0 Å². The molecule has 0 aliphatic carbocycles. The van der Waals surface area contributed by atoms with Crippen LogP contribution in [0.5, 0.6) is 5.75 Å². The van der Waals surface area contributed by atoms with E-state index in [2.05, 4.69) is 15.4 Å². The van der Waals surface area contributed by atoms with Crippen LogP contribution >= 0.6 is 0 Å². The number of anilines is 1. The maximum atomic E-state index is 9.89. The molecule has 0 atom stereocenters. The van der Waals surface area contributed by atoms with Crippen LogP contribution in [0.25, 0.3) is 5.82 Å². The summed E-state index contributed by atoms with van der Waals surface area (Å²) in [4.78, 5) is 4.35. The summed E-state index contributed by atoms with van der Waals surface area (Å²) in [5.41, 5.74) is 2.83. The molecule has 0 aliphatic heterocycles. The fraction of sp³-hybridized carbons (Fsp3) is 0.125. The number of rotatable bonds is 4. The molecule has 2 aromatic heterocycles. The predicted octanol–water partition coefficient (Wildman–Crippen LogP) is 2.89. The lowest BCUT2D eigenvalue weighted by Gasteiger charge is -2.12. The molecule has 5 heteroatoms. The van der Waals surface area contributed by atoms with E-state index in [1.54, 1.807) is 23.1 Å². The number of nitrogens with zero attached hydrogens (tertiary/aromatic N) is 3. The number of aromatic nitrogens is 3. The van der Waals surface area contributed by atoms with E-state index in [9.17, 15) is 5.11 Å². The monoisotopic (exact) mass is 280 g/mol. The normalized spacial score (nSPS) is 10.5. The molecule has 0 fully saturated rings. The van der Waals surface area contributed by atoms with Gasteiger partial charge >= 0.3 is 0 Å². The molecular formula is C16H16N4O. The second-order valence-corrected chi connectivity index (χ2v) is 4.81. The lowest BCUT2D eigenvalue weighted by molar-refractivity contribution is 0.469. The molecule has 21 heavy (non-hydrogen) atoms. The minimum atomic E-state index is 0.289. The first-order chi connectivity index (χ1) is 10.2. The molecule has 3 rings (SSSR count). The van der Waals surface area contributed by atoms with Gasteiger partial charge in [0.05, 0.1) is 5.69 Å². The molecule has 0 bridgehead atoms. The molecule has 1 aromatic carbocycles. The summed E-state index contributed by atoms with van der Waals surface area (Å²) < 4.78 is 1.71. The Kier molecular flexibility index (Phi) is 3.55. The molecule has 3 aromatic rings. The van der Waals surface area contributed by atoms with Crippen molar-refractivity contribution in [2.24, 2.45) is 0 Å². The quantitative estimate of drug-likeness (QED) is 0.771. The highest BCUT2D eigenvalue weighted by atomic mass is 16.3. The van der Waals surface area contributed by atoms with Gasteiger partial charge in [0, 0.05) is 30.7 Å². The topological polar surface area (TPSA) is 63.0 Å². The number of pyridine rings is 1. The van der Waals surface area contributed by atoms with E-state index < -0.39 is 0 Å². The van der Waals surface area contributed by atoms with E-state index in [4.69, 9.17) is 0 Å².